The molecule has 0 fully saturated rings. The van der Waals surface area contributed by atoms with Gasteiger partial charge < -0.3 is 10.1 Å². The molecule has 0 saturated heterocycles. The molecule has 1 unspecified atom stereocenters. The van der Waals surface area contributed by atoms with E-state index in [0.29, 0.717) is 5.69 Å². The molecule has 1 N–H and O–H groups in total. The van der Waals surface area contributed by atoms with Gasteiger partial charge in [-0.3, -0.25) is 0 Å². The van der Waals surface area contributed by atoms with Gasteiger partial charge in [-0.05, 0) is 52.5 Å². The molecule has 0 bridgehead atoms. The number of carbonyl (C=O) groups excluding carboxylic acids is 1. The Morgan fingerprint density at radius 3 is 2.80 bits per heavy atom. The van der Waals surface area contributed by atoms with E-state index >= 15 is 0 Å². The number of nitrogens with one attached hydrogen (secondary N) is 1. The molecule has 1 aromatic heterocycles. The zero-order valence-corrected chi connectivity index (χ0v) is 13.3. The highest BCUT2D eigenvalue weighted by Crippen LogP contribution is 2.31. The Kier molecular flexibility index (Phi) is 4.77. The lowest BCUT2D eigenvalue weighted by molar-refractivity contribution is 0.0595. The molecule has 20 heavy (non-hydrogen) atoms. The lowest BCUT2D eigenvalue weighted by Gasteiger charge is -2.15. The van der Waals surface area contributed by atoms with Crippen LogP contribution in [-0.4, -0.2) is 13.1 Å². The second kappa shape index (κ2) is 6.37. The van der Waals surface area contributed by atoms with Crippen molar-refractivity contribution in [3.8, 4) is 0 Å². The van der Waals surface area contributed by atoms with Gasteiger partial charge in [0.25, 0.3) is 0 Å². The summed E-state index contributed by atoms with van der Waals surface area (Å²) >= 11 is 5.10. The monoisotopic (exact) mass is 357 g/mol. The van der Waals surface area contributed by atoms with Crippen molar-refractivity contribution in [1.82, 2.24) is 0 Å². The first kappa shape index (κ1) is 15.0. The van der Waals surface area contributed by atoms with Crippen molar-refractivity contribution >= 4 is 38.9 Å². The average Bonchev–Trinajstić information content (AvgIpc) is 2.86. The van der Waals surface area contributed by atoms with Gasteiger partial charge in [-0.25, -0.2) is 9.18 Å². The minimum Gasteiger partial charge on any atom is -0.465 e. The number of thiophene rings is 1. The van der Waals surface area contributed by atoms with Crippen LogP contribution in [0, 0.1) is 5.82 Å². The van der Waals surface area contributed by atoms with Gasteiger partial charge in [-0.15, -0.1) is 11.3 Å². The standard InChI is InChI=1S/C14H13BrFNO2S/c1-8(13-11(15)5-6-20-13)17-9-3-4-12(16)10(7-9)14(18)19-2/h3-8,17H,1-2H3. The minimum absolute atomic E-state index is 0.0420. The molecule has 2 rings (SSSR count). The van der Waals surface area contributed by atoms with E-state index in [1.54, 1.807) is 17.4 Å². The minimum atomic E-state index is -0.684. The summed E-state index contributed by atoms with van der Waals surface area (Å²) in [7, 11) is 1.23. The molecule has 0 spiro atoms. The van der Waals surface area contributed by atoms with Gasteiger partial charge in [0, 0.05) is 15.0 Å². The molecular formula is C14H13BrFNO2S. The van der Waals surface area contributed by atoms with Crippen LogP contribution in [0.3, 0.4) is 0 Å². The first-order valence-corrected chi connectivity index (χ1v) is 7.57. The van der Waals surface area contributed by atoms with Gasteiger partial charge in [0.05, 0.1) is 18.7 Å². The van der Waals surface area contributed by atoms with Crippen LogP contribution in [0.25, 0.3) is 0 Å². The fraction of sp³-hybridized carbons (Fsp3) is 0.214. The topological polar surface area (TPSA) is 38.3 Å². The number of esters is 1. The third-order valence-corrected chi connectivity index (χ3v) is 4.85. The van der Waals surface area contributed by atoms with Crippen LogP contribution in [0.1, 0.15) is 28.2 Å². The smallest absolute Gasteiger partial charge is 0.340 e. The highest BCUT2D eigenvalue weighted by atomic mass is 79.9. The number of ether oxygens (including phenoxy) is 1. The van der Waals surface area contributed by atoms with Crippen LogP contribution in [0.4, 0.5) is 10.1 Å². The average molecular weight is 358 g/mol. The number of methoxy groups -OCH3 is 1. The van der Waals surface area contributed by atoms with E-state index < -0.39 is 11.8 Å². The molecule has 1 aromatic carbocycles. The van der Waals surface area contributed by atoms with Crippen LogP contribution >= 0.6 is 27.3 Å². The molecular weight excluding hydrogens is 345 g/mol. The SMILES string of the molecule is COC(=O)c1cc(NC(C)c2sccc2Br)ccc1F. The molecule has 2 aromatic rings. The number of hydrogen-bond acceptors (Lipinski definition) is 4. The Balaban J connectivity index is 2.22. The van der Waals surface area contributed by atoms with Crippen molar-refractivity contribution < 1.29 is 13.9 Å². The van der Waals surface area contributed by atoms with Crippen molar-refractivity contribution in [3.63, 3.8) is 0 Å². The fourth-order valence-electron chi connectivity index (χ4n) is 1.81. The third kappa shape index (κ3) is 3.19. The largest absolute Gasteiger partial charge is 0.465 e. The van der Waals surface area contributed by atoms with E-state index in [-0.39, 0.29) is 11.6 Å². The number of halogens is 2. The highest BCUT2D eigenvalue weighted by Gasteiger charge is 2.15. The van der Waals surface area contributed by atoms with E-state index in [1.807, 2.05) is 18.4 Å². The van der Waals surface area contributed by atoms with Gasteiger partial charge in [0.2, 0.25) is 0 Å². The Bertz CT molecular complexity index is 629. The molecule has 0 amide bonds. The zero-order valence-electron chi connectivity index (χ0n) is 10.9. The second-order valence-electron chi connectivity index (χ2n) is 4.19. The van der Waals surface area contributed by atoms with E-state index in [4.69, 9.17) is 0 Å². The van der Waals surface area contributed by atoms with Crippen molar-refractivity contribution in [3.05, 3.63) is 50.4 Å². The van der Waals surface area contributed by atoms with Crippen molar-refractivity contribution in [2.24, 2.45) is 0 Å². The zero-order chi connectivity index (χ0) is 14.7. The predicted octanol–water partition coefficient (Wildman–Crippen LogP) is 4.61. The van der Waals surface area contributed by atoms with Crippen LogP contribution in [0.5, 0.6) is 0 Å². The maximum Gasteiger partial charge on any atom is 0.340 e. The summed E-state index contributed by atoms with van der Waals surface area (Å²) in [4.78, 5) is 12.6. The Morgan fingerprint density at radius 1 is 1.45 bits per heavy atom. The second-order valence-corrected chi connectivity index (χ2v) is 5.99. The quantitative estimate of drug-likeness (QED) is 0.812. The summed E-state index contributed by atoms with van der Waals surface area (Å²) < 4.78 is 19.1. The maximum absolute atomic E-state index is 13.5. The van der Waals surface area contributed by atoms with E-state index in [2.05, 4.69) is 26.0 Å². The summed E-state index contributed by atoms with van der Waals surface area (Å²) in [6.45, 7) is 2.00. The van der Waals surface area contributed by atoms with Crippen molar-refractivity contribution in [1.29, 1.82) is 0 Å². The number of hydrogen-bond donors (Lipinski definition) is 1. The molecule has 0 aliphatic rings. The van der Waals surface area contributed by atoms with Crippen LogP contribution in [-0.2, 0) is 4.74 Å². The molecule has 6 heteroatoms. The van der Waals surface area contributed by atoms with E-state index in [1.165, 1.54) is 19.2 Å². The van der Waals surface area contributed by atoms with E-state index in [0.717, 1.165) is 9.35 Å². The number of anilines is 1. The molecule has 0 aliphatic heterocycles. The van der Waals surface area contributed by atoms with Gasteiger partial charge in [0.1, 0.15) is 5.82 Å². The Morgan fingerprint density at radius 2 is 2.20 bits per heavy atom. The lowest BCUT2D eigenvalue weighted by Crippen LogP contribution is -2.09. The molecule has 1 atom stereocenters. The maximum atomic E-state index is 13.5. The fourth-order valence-corrected chi connectivity index (χ4v) is 3.54. The van der Waals surface area contributed by atoms with Crippen molar-refractivity contribution in [2.75, 3.05) is 12.4 Å². The van der Waals surface area contributed by atoms with Gasteiger partial charge >= 0.3 is 5.97 Å². The summed E-state index contributed by atoms with van der Waals surface area (Å²) in [6, 6.07) is 6.33. The first-order valence-electron chi connectivity index (χ1n) is 5.90. The van der Waals surface area contributed by atoms with Gasteiger partial charge in [0.15, 0.2) is 0 Å². The Labute approximate surface area is 128 Å². The predicted molar refractivity (Wildman–Crippen MR) is 81.8 cm³/mol. The van der Waals surface area contributed by atoms with Crippen molar-refractivity contribution in [2.45, 2.75) is 13.0 Å². The molecule has 0 aliphatic carbocycles. The van der Waals surface area contributed by atoms with E-state index in [9.17, 15) is 9.18 Å². The number of carbonyl (C=O) groups is 1. The lowest BCUT2D eigenvalue weighted by atomic mass is 10.1. The normalized spacial score (nSPS) is 12.0. The summed E-state index contributed by atoms with van der Waals surface area (Å²) in [5, 5.41) is 5.23. The summed E-state index contributed by atoms with van der Waals surface area (Å²) in [5.74, 6) is -1.27. The Hall–Kier alpha value is -1.40. The molecule has 1 heterocycles. The van der Waals surface area contributed by atoms with Gasteiger partial charge in [-0.1, -0.05) is 0 Å². The van der Waals surface area contributed by atoms with Crippen LogP contribution < -0.4 is 5.32 Å². The molecule has 0 radical (unpaired) electrons. The summed E-state index contributed by atoms with van der Waals surface area (Å²) in [5.41, 5.74) is 0.592. The molecule has 3 nitrogen and oxygen atoms in total. The van der Waals surface area contributed by atoms with Crippen LogP contribution in [0.15, 0.2) is 34.1 Å². The third-order valence-electron chi connectivity index (χ3n) is 2.79. The highest BCUT2D eigenvalue weighted by molar-refractivity contribution is 9.10. The summed E-state index contributed by atoms with van der Waals surface area (Å²) in [6.07, 6.45) is 0. The molecule has 0 saturated carbocycles. The number of rotatable bonds is 4. The first-order chi connectivity index (χ1) is 9.52. The van der Waals surface area contributed by atoms with Gasteiger partial charge in [-0.2, -0.15) is 0 Å². The molecule has 106 valence electrons. The van der Waals surface area contributed by atoms with Crippen LogP contribution in [0.2, 0.25) is 0 Å². The number of benzene rings is 1.